The van der Waals surface area contributed by atoms with Gasteiger partial charge >= 0.3 is 5.69 Å². The van der Waals surface area contributed by atoms with Crippen LogP contribution in [0.15, 0.2) is 0 Å². The van der Waals surface area contributed by atoms with E-state index >= 15 is 0 Å². The molecule has 7 nitrogen and oxygen atoms in total. The molecule has 1 aromatic rings. The average molecular weight is 284 g/mol. The van der Waals surface area contributed by atoms with E-state index in [0.29, 0.717) is 24.6 Å². The molecule has 0 aliphatic rings. The normalized spacial score (nSPS) is 11.7. The summed E-state index contributed by atoms with van der Waals surface area (Å²) in [6.07, 6.45) is 1.61. The van der Waals surface area contributed by atoms with Gasteiger partial charge in [-0.2, -0.15) is 5.10 Å². The molecular formula is C13H24N4O3. The van der Waals surface area contributed by atoms with Crippen LogP contribution in [0, 0.1) is 22.5 Å². The predicted molar refractivity (Wildman–Crippen MR) is 77.9 cm³/mol. The maximum Gasteiger partial charge on any atom is 0.333 e. The van der Waals surface area contributed by atoms with Crippen molar-refractivity contribution < 1.29 is 10.0 Å². The third-order valence-corrected chi connectivity index (χ3v) is 4.04. The highest BCUT2D eigenvalue weighted by molar-refractivity contribution is 5.59. The topological polar surface area (TPSA) is 93.2 Å². The first-order valence-corrected chi connectivity index (χ1v) is 7.01. The third-order valence-electron chi connectivity index (χ3n) is 4.04. The lowest BCUT2D eigenvalue weighted by Crippen LogP contribution is -2.33. The molecule has 1 heterocycles. The van der Waals surface area contributed by atoms with E-state index in [-0.39, 0.29) is 17.7 Å². The predicted octanol–water partition coefficient (Wildman–Crippen LogP) is 2.33. The maximum atomic E-state index is 11.2. The van der Waals surface area contributed by atoms with E-state index in [1.165, 1.54) is 0 Å². The molecule has 0 spiro atoms. The highest BCUT2D eigenvalue weighted by Crippen LogP contribution is 2.31. The minimum absolute atomic E-state index is 0.0193. The molecule has 0 radical (unpaired) electrons. The van der Waals surface area contributed by atoms with Crippen molar-refractivity contribution in [1.82, 2.24) is 9.78 Å². The van der Waals surface area contributed by atoms with Crippen LogP contribution in [0.2, 0.25) is 0 Å². The highest BCUT2D eigenvalue weighted by Gasteiger charge is 2.29. The minimum atomic E-state index is -0.407. The van der Waals surface area contributed by atoms with E-state index in [9.17, 15) is 15.2 Å². The summed E-state index contributed by atoms with van der Waals surface area (Å²) in [5.41, 5.74) is 0.165. The summed E-state index contributed by atoms with van der Waals surface area (Å²) >= 11 is 0. The van der Waals surface area contributed by atoms with Crippen molar-refractivity contribution in [3.8, 4) is 0 Å². The Morgan fingerprint density at radius 1 is 1.40 bits per heavy atom. The lowest BCUT2D eigenvalue weighted by atomic mass is 9.83. The first-order valence-electron chi connectivity index (χ1n) is 7.01. The standard InChI is InChI=1S/C13H24N4O3/c1-5-13(6-2,9-18)8-14-12-11(17(19)20)10(4)15-16(12)7-3/h14,18H,5-9H2,1-4H3. The van der Waals surface area contributed by atoms with Crippen molar-refractivity contribution in [2.24, 2.45) is 5.41 Å². The summed E-state index contributed by atoms with van der Waals surface area (Å²) in [5, 5.41) is 28.0. The summed E-state index contributed by atoms with van der Waals surface area (Å²) in [5.74, 6) is 0.426. The highest BCUT2D eigenvalue weighted by atomic mass is 16.6. The second-order valence-corrected chi connectivity index (χ2v) is 5.07. The zero-order valence-corrected chi connectivity index (χ0v) is 12.6. The zero-order chi connectivity index (χ0) is 15.3. The molecule has 0 aliphatic heterocycles. The van der Waals surface area contributed by atoms with Crippen LogP contribution in [0.4, 0.5) is 11.5 Å². The van der Waals surface area contributed by atoms with Crippen molar-refractivity contribution in [3.05, 3.63) is 15.8 Å². The molecule has 20 heavy (non-hydrogen) atoms. The molecule has 0 unspecified atom stereocenters. The lowest BCUT2D eigenvalue weighted by Gasteiger charge is -2.29. The average Bonchev–Trinajstić information content (AvgIpc) is 2.77. The van der Waals surface area contributed by atoms with Gasteiger partial charge in [-0.05, 0) is 26.7 Å². The first-order chi connectivity index (χ1) is 9.44. The Kier molecular flexibility index (Phi) is 5.50. The SMILES string of the molecule is CCn1nc(C)c([N+](=O)[O-])c1NCC(CC)(CC)CO. The summed E-state index contributed by atoms with van der Waals surface area (Å²) in [7, 11) is 0. The molecule has 0 atom stereocenters. The third kappa shape index (κ3) is 3.09. The summed E-state index contributed by atoms with van der Waals surface area (Å²) in [6.45, 7) is 8.65. The van der Waals surface area contributed by atoms with Gasteiger partial charge in [0, 0.05) is 18.5 Å². The van der Waals surface area contributed by atoms with Crippen LogP contribution in [0.5, 0.6) is 0 Å². The molecule has 2 N–H and O–H groups in total. The number of aliphatic hydroxyl groups excluding tert-OH is 1. The largest absolute Gasteiger partial charge is 0.396 e. The Morgan fingerprint density at radius 2 is 2.00 bits per heavy atom. The number of hydrogen-bond donors (Lipinski definition) is 2. The van der Waals surface area contributed by atoms with Crippen molar-refractivity contribution in [2.45, 2.75) is 47.1 Å². The number of rotatable bonds is 8. The van der Waals surface area contributed by atoms with Crippen LogP contribution in [0.1, 0.15) is 39.3 Å². The fraction of sp³-hybridized carbons (Fsp3) is 0.769. The second-order valence-electron chi connectivity index (χ2n) is 5.07. The molecule has 0 amide bonds. The monoisotopic (exact) mass is 284 g/mol. The number of nitrogens with one attached hydrogen (secondary N) is 1. The molecule has 0 bridgehead atoms. The Hall–Kier alpha value is -1.63. The van der Waals surface area contributed by atoms with Crippen LogP contribution in [0.3, 0.4) is 0 Å². The molecule has 0 aliphatic carbocycles. The molecule has 114 valence electrons. The van der Waals surface area contributed by atoms with E-state index in [4.69, 9.17) is 0 Å². The number of anilines is 1. The van der Waals surface area contributed by atoms with E-state index < -0.39 is 4.92 Å². The number of aromatic nitrogens is 2. The molecule has 0 saturated carbocycles. The van der Waals surface area contributed by atoms with Crippen molar-refractivity contribution in [3.63, 3.8) is 0 Å². The fourth-order valence-corrected chi connectivity index (χ4v) is 2.25. The Balaban J connectivity index is 3.05. The summed E-state index contributed by atoms with van der Waals surface area (Å²) in [4.78, 5) is 10.8. The van der Waals surface area contributed by atoms with E-state index in [1.807, 2.05) is 20.8 Å². The van der Waals surface area contributed by atoms with Gasteiger partial charge in [0.1, 0.15) is 5.69 Å². The number of nitrogens with zero attached hydrogens (tertiary/aromatic N) is 3. The molecular weight excluding hydrogens is 260 g/mol. The van der Waals surface area contributed by atoms with Crippen molar-refractivity contribution in [2.75, 3.05) is 18.5 Å². The van der Waals surface area contributed by atoms with Crippen LogP contribution >= 0.6 is 0 Å². The van der Waals surface area contributed by atoms with E-state index in [0.717, 1.165) is 12.8 Å². The van der Waals surface area contributed by atoms with Crippen LogP contribution in [-0.2, 0) is 6.54 Å². The van der Waals surface area contributed by atoms with E-state index in [1.54, 1.807) is 11.6 Å². The smallest absolute Gasteiger partial charge is 0.333 e. The number of aryl methyl sites for hydroxylation is 2. The molecule has 0 saturated heterocycles. The van der Waals surface area contributed by atoms with Crippen molar-refractivity contribution >= 4 is 11.5 Å². The van der Waals surface area contributed by atoms with Gasteiger partial charge in [0.25, 0.3) is 0 Å². The second kappa shape index (κ2) is 6.69. The number of nitro groups is 1. The fourth-order valence-electron chi connectivity index (χ4n) is 2.25. The molecule has 1 rings (SSSR count). The van der Waals surface area contributed by atoms with Gasteiger partial charge in [0.2, 0.25) is 5.82 Å². The summed E-state index contributed by atoms with van der Waals surface area (Å²) in [6, 6.07) is 0. The molecule has 0 aromatic carbocycles. The van der Waals surface area contributed by atoms with Crippen LogP contribution in [0.25, 0.3) is 0 Å². The Bertz CT molecular complexity index is 458. The quantitative estimate of drug-likeness (QED) is 0.564. The van der Waals surface area contributed by atoms with Gasteiger partial charge in [-0.1, -0.05) is 13.8 Å². The first kappa shape index (κ1) is 16.4. The Labute approximate surface area is 119 Å². The van der Waals surface area contributed by atoms with Gasteiger partial charge < -0.3 is 10.4 Å². The minimum Gasteiger partial charge on any atom is -0.396 e. The van der Waals surface area contributed by atoms with Crippen LogP contribution < -0.4 is 5.32 Å². The van der Waals surface area contributed by atoms with Crippen molar-refractivity contribution in [1.29, 1.82) is 0 Å². The zero-order valence-electron chi connectivity index (χ0n) is 12.6. The maximum absolute atomic E-state index is 11.2. The number of aliphatic hydroxyl groups is 1. The van der Waals surface area contributed by atoms with Gasteiger partial charge in [0.05, 0.1) is 11.5 Å². The molecule has 0 fully saturated rings. The van der Waals surface area contributed by atoms with Gasteiger partial charge in [-0.25, -0.2) is 4.68 Å². The van der Waals surface area contributed by atoms with E-state index in [2.05, 4.69) is 10.4 Å². The lowest BCUT2D eigenvalue weighted by molar-refractivity contribution is -0.384. The number of hydrogen-bond acceptors (Lipinski definition) is 5. The molecule has 7 heteroatoms. The van der Waals surface area contributed by atoms with Crippen LogP contribution in [-0.4, -0.2) is 33.0 Å². The molecule has 1 aromatic heterocycles. The van der Waals surface area contributed by atoms with Gasteiger partial charge in [-0.15, -0.1) is 0 Å². The van der Waals surface area contributed by atoms with Gasteiger partial charge in [-0.3, -0.25) is 10.1 Å². The summed E-state index contributed by atoms with van der Waals surface area (Å²) < 4.78 is 1.60. The Morgan fingerprint density at radius 3 is 2.40 bits per heavy atom. The van der Waals surface area contributed by atoms with Gasteiger partial charge in [0.15, 0.2) is 0 Å².